The van der Waals surface area contributed by atoms with Crippen molar-refractivity contribution in [3.05, 3.63) is 108 Å². The van der Waals surface area contributed by atoms with Crippen molar-refractivity contribution in [3.8, 4) is 23.0 Å². The summed E-state index contributed by atoms with van der Waals surface area (Å²) in [5.74, 6) is 0.522. The van der Waals surface area contributed by atoms with Crippen LogP contribution in [0.2, 0.25) is 0 Å². The lowest BCUT2D eigenvalue weighted by Crippen LogP contribution is -2.62. The van der Waals surface area contributed by atoms with E-state index < -0.39 is 34.2 Å². The third-order valence-corrected chi connectivity index (χ3v) is 12.6. The van der Waals surface area contributed by atoms with E-state index in [0.717, 1.165) is 21.3 Å². The average molecular weight is 736 g/mol. The molecule has 0 bridgehead atoms. The van der Waals surface area contributed by atoms with Crippen LogP contribution in [0.1, 0.15) is 51.4 Å². The molecule has 4 aromatic rings. The van der Waals surface area contributed by atoms with Crippen LogP contribution in [0.25, 0.3) is 11.0 Å². The number of phenols is 1. The van der Waals surface area contributed by atoms with Gasteiger partial charge in [0.1, 0.15) is 17.2 Å². The van der Waals surface area contributed by atoms with Crippen LogP contribution in [0.15, 0.2) is 79.3 Å². The maximum atomic E-state index is 14.5. The third-order valence-electron chi connectivity index (χ3n) is 12.6. The molecule has 2 aliphatic carbocycles. The zero-order valence-corrected chi connectivity index (χ0v) is 31.2. The lowest BCUT2D eigenvalue weighted by molar-refractivity contribution is -0.153. The number of carbonyl (C=O) groups is 2. The second-order valence-corrected chi connectivity index (χ2v) is 15.1. The number of fused-ring (bicyclic) bond motifs is 6. The van der Waals surface area contributed by atoms with Gasteiger partial charge in [0.2, 0.25) is 0 Å². The van der Waals surface area contributed by atoms with Crippen molar-refractivity contribution in [2.75, 3.05) is 14.2 Å². The first-order valence-electron chi connectivity index (χ1n) is 17.8. The van der Waals surface area contributed by atoms with Crippen molar-refractivity contribution < 1.29 is 28.9 Å². The molecule has 2 aromatic heterocycles. The smallest absolute Gasteiger partial charge is 0.347 e. The predicted octanol–water partition coefficient (Wildman–Crippen LogP) is 3.54. The van der Waals surface area contributed by atoms with E-state index in [0.29, 0.717) is 45.8 Å². The van der Waals surface area contributed by atoms with Gasteiger partial charge < -0.3 is 23.9 Å². The van der Waals surface area contributed by atoms with Crippen LogP contribution in [-0.4, -0.2) is 54.4 Å². The number of aryl methyl sites for hydroxylation is 2. The molecule has 4 atom stereocenters. The molecule has 280 valence electrons. The highest BCUT2D eigenvalue weighted by atomic mass is 16.5. The topological polar surface area (TPSA) is 166 Å². The normalized spacial score (nSPS) is 24.6. The molecule has 14 nitrogen and oxygen atoms in total. The molecule has 54 heavy (non-hydrogen) atoms. The molecule has 1 saturated carbocycles. The molecule has 0 unspecified atom stereocenters. The summed E-state index contributed by atoms with van der Waals surface area (Å²) in [5, 5.41) is 10.3. The molecular formula is C40H41N5O9. The number of benzene rings is 2. The first-order valence-corrected chi connectivity index (χ1v) is 17.8. The first kappa shape index (κ1) is 35.1. The number of carbonyl (C=O) groups excluding carboxylic acids is 2. The highest BCUT2D eigenvalue weighted by molar-refractivity contribution is 6.17. The SMILES string of the molecule is COc1cc2nc(CCn3c(=O)n4n(c3=O)[C@@H]3C[C@@]5(C)C(=O)C(C)=C(C)C(=O)[C@@]5(C)[C@@H](C5=COc6ccc(O)cc6C5)C3=CC4)c(=O)n(C)c2cc1OC. The maximum absolute atomic E-state index is 14.5. The number of phenolic OH excluding ortho intramolecular Hbond substituents is 1. The van der Waals surface area contributed by atoms with Crippen molar-refractivity contribution in [1.29, 1.82) is 0 Å². The summed E-state index contributed by atoms with van der Waals surface area (Å²) < 4.78 is 22.2. The van der Waals surface area contributed by atoms with Crippen LogP contribution in [0.3, 0.4) is 0 Å². The van der Waals surface area contributed by atoms with Crippen LogP contribution in [0, 0.1) is 16.7 Å². The molecule has 2 aromatic carbocycles. The molecule has 0 amide bonds. The third kappa shape index (κ3) is 4.64. The zero-order chi connectivity index (χ0) is 38.6. The molecule has 1 N–H and O–H groups in total. The van der Waals surface area contributed by atoms with Gasteiger partial charge in [-0.1, -0.05) is 19.9 Å². The molecule has 8 rings (SSSR count). The van der Waals surface area contributed by atoms with Gasteiger partial charge in [0.05, 0.1) is 49.5 Å². The fourth-order valence-corrected chi connectivity index (χ4v) is 9.35. The largest absolute Gasteiger partial charge is 0.508 e. The van der Waals surface area contributed by atoms with E-state index in [1.165, 1.54) is 34.2 Å². The molecule has 14 heteroatoms. The predicted molar refractivity (Wildman–Crippen MR) is 197 cm³/mol. The van der Waals surface area contributed by atoms with Crippen molar-refractivity contribution in [3.63, 3.8) is 0 Å². The summed E-state index contributed by atoms with van der Waals surface area (Å²) in [6.07, 6.45) is 3.95. The van der Waals surface area contributed by atoms with Gasteiger partial charge in [0.15, 0.2) is 23.1 Å². The van der Waals surface area contributed by atoms with E-state index in [4.69, 9.17) is 14.2 Å². The number of hydrogen-bond donors (Lipinski definition) is 1. The number of ketones is 2. The average Bonchev–Trinajstić information content (AvgIpc) is 3.41. The van der Waals surface area contributed by atoms with Crippen molar-refractivity contribution >= 4 is 22.6 Å². The number of allylic oxidation sites excluding steroid dienone is 5. The van der Waals surface area contributed by atoms with Crippen LogP contribution < -0.4 is 31.1 Å². The summed E-state index contributed by atoms with van der Waals surface area (Å²) in [6.45, 7) is 6.91. The van der Waals surface area contributed by atoms with Crippen LogP contribution in [0.4, 0.5) is 0 Å². The monoisotopic (exact) mass is 735 g/mol. The van der Waals surface area contributed by atoms with Crippen molar-refractivity contribution in [2.24, 2.45) is 23.8 Å². The summed E-state index contributed by atoms with van der Waals surface area (Å²) in [7, 11) is 4.62. The van der Waals surface area contributed by atoms with E-state index in [1.807, 2.05) is 13.0 Å². The van der Waals surface area contributed by atoms with Gasteiger partial charge in [0.25, 0.3) is 5.56 Å². The van der Waals surface area contributed by atoms with E-state index in [1.54, 1.807) is 58.3 Å². The molecule has 0 spiro atoms. The Kier molecular flexibility index (Phi) is 7.84. The number of ether oxygens (including phenoxy) is 3. The van der Waals surface area contributed by atoms with Gasteiger partial charge in [0, 0.05) is 55.5 Å². The van der Waals surface area contributed by atoms with Crippen LogP contribution in [-0.2, 0) is 42.6 Å². The Morgan fingerprint density at radius 1 is 0.963 bits per heavy atom. The lowest BCUT2D eigenvalue weighted by Gasteiger charge is -2.59. The Balaban J connectivity index is 1.22. The fraction of sp³-hybridized carbons (Fsp3) is 0.400. The number of Topliss-reactive ketones (excluding diaryl/α,β-unsaturated/α-hetero) is 2. The highest BCUT2D eigenvalue weighted by Crippen LogP contribution is 2.65. The van der Waals surface area contributed by atoms with E-state index in [2.05, 4.69) is 4.98 Å². The fourth-order valence-electron chi connectivity index (χ4n) is 9.35. The van der Waals surface area contributed by atoms with Gasteiger partial charge in [-0.3, -0.25) is 14.4 Å². The van der Waals surface area contributed by atoms with Crippen LogP contribution >= 0.6 is 0 Å². The first-order chi connectivity index (χ1) is 25.7. The van der Waals surface area contributed by atoms with Crippen LogP contribution in [0.5, 0.6) is 23.0 Å². The summed E-state index contributed by atoms with van der Waals surface area (Å²) in [4.78, 5) is 75.4. The zero-order valence-electron chi connectivity index (χ0n) is 31.2. The molecule has 4 aliphatic rings. The molecule has 4 heterocycles. The van der Waals surface area contributed by atoms with Gasteiger partial charge in [-0.25, -0.2) is 28.5 Å². The Hall–Kier alpha value is -5.92. The highest BCUT2D eigenvalue weighted by Gasteiger charge is 2.67. The number of rotatable bonds is 6. The molecule has 0 saturated heterocycles. The summed E-state index contributed by atoms with van der Waals surface area (Å²) >= 11 is 0. The van der Waals surface area contributed by atoms with E-state index >= 15 is 0 Å². The van der Waals surface area contributed by atoms with Gasteiger partial charge in [-0.05, 0) is 60.8 Å². The number of nitrogens with zero attached hydrogens (tertiary/aromatic N) is 5. The minimum atomic E-state index is -1.26. The summed E-state index contributed by atoms with van der Waals surface area (Å²) in [5.41, 5.74) is 0.117. The molecule has 1 fully saturated rings. The Bertz CT molecular complexity index is 2640. The standard InChI is InChI=1S/C40H41N5O9/c1-20-21(2)35(48)40(4)33(23-14-22-15-24(46)8-9-30(22)54-19-23)25-10-13-44-37(50)43(38(51)45(44)29(25)18-39(40,3)34(20)47)12-11-26-36(49)42(5)28-17-32(53-7)31(52-6)16-27(28)41-26/h8-10,15-17,19,29,33,46H,11-14,18H2,1-7H3/t29-,33+,39+,40-/m1/s1. The van der Waals surface area contributed by atoms with Gasteiger partial charge >= 0.3 is 11.4 Å². The number of aromatic hydroxyl groups is 1. The van der Waals surface area contributed by atoms with Gasteiger partial charge in [-0.15, -0.1) is 0 Å². The van der Waals surface area contributed by atoms with E-state index in [9.17, 15) is 29.1 Å². The number of hydrogen-bond acceptors (Lipinski definition) is 10. The Morgan fingerprint density at radius 3 is 2.39 bits per heavy atom. The molecular weight excluding hydrogens is 694 g/mol. The minimum absolute atomic E-state index is 0.00772. The molecule has 2 aliphatic heterocycles. The Morgan fingerprint density at radius 2 is 1.67 bits per heavy atom. The number of aromatic nitrogens is 5. The summed E-state index contributed by atoms with van der Waals surface area (Å²) in [6, 6.07) is 7.43. The number of methoxy groups -OCH3 is 2. The lowest BCUT2D eigenvalue weighted by atomic mass is 9.43. The second kappa shape index (κ2) is 12.1. The van der Waals surface area contributed by atoms with E-state index in [-0.39, 0.29) is 54.5 Å². The quantitative estimate of drug-likeness (QED) is 0.290. The molecule has 0 radical (unpaired) electrons. The van der Waals surface area contributed by atoms with Gasteiger partial charge in [-0.2, -0.15) is 0 Å². The van der Waals surface area contributed by atoms with Crippen molar-refractivity contribution in [1.82, 2.24) is 23.5 Å². The second-order valence-electron chi connectivity index (χ2n) is 15.1. The minimum Gasteiger partial charge on any atom is -0.508 e. The Labute approximate surface area is 309 Å². The van der Waals surface area contributed by atoms with Crippen molar-refractivity contribution in [2.45, 2.75) is 66.1 Å². The maximum Gasteiger partial charge on any atom is 0.347 e.